The fourth-order valence-electron chi connectivity index (χ4n) is 3.55. The van der Waals surface area contributed by atoms with E-state index in [0.717, 1.165) is 12.3 Å². The van der Waals surface area contributed by atoms with Crippen LogP contribution in [0.25, 0.3) is 0 Å². The molecule has 2 atom stereocenters. The summed E-state index contributed by atoms with van der Waals surface area (Å²) in [4.78, 5) is 2.65. The first-order chi connectivity index (χ1) is 10.8. The highest BCUT2D eigenvalue weighted by Gasteiger charge is 2.28. The maximum Gasteiger partial charge on any atom is 0.119 e. The van der Waals surface area contributed by atoms with Crippen LogP contribution in [0.3, 0.4) is 0 Å². The van der Waals surface area contributed by atoms with E-state index in [1.54, 1.807) is 7.11 Å². The van der Waals surface area contributed by atoms with Gasteiger partial charge in [0.1, 0.15) is 5.75 Å². The van der Waals surface area contributed by atoms with Crippen LogP contribution in [0.2, 0.25) is 0 Å². The van der Waals surface area contributed by atoms with E-state index >= 15 is 0 Å². The molecule has 0 N–H and O–H groups in total. The molecule has 0 amide bonds. The van der Waals surface area contributed by atoms with Crippen LogP contribution in [0, 0.1) is 0 Å². The lowest BCUT2D eigenvalue weighted by molar-refractivity contribution is 0.103. The van der Waals surface area contributed by atoms with Crippen molar-refractivity contribution in [2.45, 2.75) is 38.3 Å². The lowest BCUT2D eigenvalue weighted by atomic mass is 9.92. The number of rotatable bonds is 4. The second kappa shape index (κ2) is 6.97. The molecule has 1 fully saturated rings. The molecule has 2 heteroatoms. The Morgan fingerprint density at radius 1 is 1.05 bits per heavy atom. The number of benzene rings is 2. The van der Waals surface area contributed by atoms with Crippen molar-refractivity contribution < 1.29 is 4.74 Å². The van der Waals surface area contributed by atoms with Crippen molar-refractivity contribution in [2.24, 2.45) is 0 Å². The largest absolute Gasteiger partial charge is 0.497 e. The van der Waals surface area contributed by atoms with Crippen molar-refractivity contribution in [3.05, 3.63) is 65.7 Å². The summed E-state index contributed by atoms with van der Waals surface area (Å²) in [7, 11) is 1.74. The summed E-state index contributed by atoms with van der Waals surface area (Å²) in [5.74, 6) is 0.954. The average molecular weight is 295 g/mol. The van der Waals surface area contributed by atoms with Gasteiger partial charge in [0, 0.05) is 12.1 Å². The molecule has 2 aromatic carbocycles. The van der Waals surface area contributed by atoms with Crippen molar-refractivity contribution in [1.82, 2.24) is 4.90 Å². The van der Waals surface area contributed by atoms with Gasteiger partial charge in [0.2, 0.25) is 0 Å². The SMILES string of the molecule is COc1cccc([C@H]2CCCCN2[C@@H](C)c2ccccc2)c1. The van der Waals surface area contributed by atoms with Gasteiger partial charge < -0.3 is 4.74 Å². The Kier molecular flexibility index (Phi) is 4.79. The third-order valence-electron chi connectivity index (χ3n) is 4.80. The second-order valence-electron chi connectivity index (χ2n) is 6.11. The third kappa shape index (κ3) is 3.17. The number of piperidine rings is 1. The average Bonchev–Trinajstić information content (AvgIpc) is 2.62. The minimum Gasteiger partial charge on any atom is -0.497 e. The highest BCUT2D eigenvalue weighted by molar-refractivity contribution is 5.31. The summed E-state index contributed by atoms with van der Waals surface area (Å²) in [5, 5.41) is 0. The van der Waals surface area contributed by atoms with E-state index < -0.39 is 0 Å². The zero-order chi connectivity index (χ0) is 15.4. The number of likely N-dealkylation sites (tertiary alicyclic amines) is 1. The molecular weight excluding hydrogens is 270 g/mol. The van der Waals surface area contributed by atoms with Crippen LogP contribution in [0.5, 0.6) is 5.75 Å². The molecule has 1 aliphatic heterocycles. The van der Waals surface area contributed by atoms with Crippen molar-refractivity contribution in [3.63, 3.8) is 0 Å². The zero-order valence-electron chi connectivity index (χ0n) is 13.5. The smallest absolute Gasteiger partial charge is 0.119 e. The van der Waals surface area contributed by atoms with E-state index in [9.17, 15) is 0 Å². The zero-order valence-corrected chi connectivity index (χ0v) is 13.5. The van der Waals surface area contributed by atoms with Crippen LogP contribution < -0.4 is 4.74 Å². The van der Waals surface area contributed by atoms with Crippen molar-refractivity contribution in [3.8, 4) is 5.75 Å². The summed E-state index contributed by atoms with van der Waals surface area (Å²) in [6.45, 7) is 3.49. The lowest BCUT2D eigenvalue weighted by Crippen LogP contribution is -2.35. The molecule has 0 aliphatic carbocycles. The maximum atomic E-state index is 5.41. The van der Waals surface area contributed by atoms with Crippen LogP contribution in [0.4, 0.5) is 0 Å². The molecule has 0 spiro atoms. The summed E-state index contributed by atoms with van der Waals surface area (Å²) in [5.41, 5.74) is 2.78. The maximum absolute atomic E-state index is 5.41. The van der Waals surface area contributed by atoms with Gasteiger partial charge in [-0.05, 0) is 49.6 Å². The quantitative estimate of drug-likeness (QED) is 0.788. The van der Waals surface area contributed by atoms with Crippen LogP contribution in [-0.2, 0) is 0 Å². The van der Waals surface area contributed by atoms with Crippen molar-refractivity contribution >= 4 is 0 Å². The Morgan fingerprint density at radius 3 is 2.64 bits per heavy atom. The third-order valence-corrected chi connectivity index (χ3v) is 4.80. The van der Waals surface area contributed by atoms with Gasteiger partial charge in [-0.3, -0.25) is 4.90 Å². The summed E-state index contributed by atoms with van der Waals surface area (Å²) in [6, 6.07) is 20.3. The number of hydrogen-bond acceptors (Lipinski definition) is 2. The van der Waals surface area contributed by atoms with E-state index in [1.807, 2.05) is 6.07 Å². The minimum atomic E-state index is 0.442. The number of methoxy groups -OCH3 is 1. The first-order valence-corrected chi connectivity index (χ1v) is 8.24. The fourth-order valence-corrected chi connectivity index (χ4v) is 3.55. The summed E-state index contributed by atoms with van der Waals surface area (Å²) < 4.78 is 5.41. The van der Waals surface area contributed by atoms with Gasteiger partial charge in [0.15, 0.2) is 0 Å². The molecule has 1 heterocycles. The molecule has 22 heavy (non-hydrogen) atoms. The molecule has 3 rings (SSSR count). The predicted octanol–water partition coefficient (Wildman–Crippen LogP) is 4.98. The first kappa shape index (κ1) is 15.1. The summed E-state index contributed by atoms with van der Waals surface area (Å²) in [6.07, 6.45) is 3.82. The van der Waals surface area contributed by atoms with Gasteiger partial charge in [-0.25, -0.2) is 0 Å². The Bertz CT molecular complexity index is 596. The minimum absolute atomic E-state index is 0.442. The molecule has 0 bridgehead atoms. The first-order valence-electron chi connectivity index (χ1n) is 8.24. The van der Waals surface area contributed by atoms with Crippen LogP contribution >= 0.6 is 0 Å². The van der Waals surface area contributed by atoms with Gasteiger partial charge in [-0.1, -0.05) is 48.9 Å². The van der Waals surface area contributed by atoms with E-state index in [0.29, 0.717) is 12.1 Å². The number of hydrogen-bond donors (Lipinski definition) is 0. The highest BCUT2D eigenvalue weighted by Crippen LogP contribution is 2.38. The molecule has 0 radical (unpaired) electrons. The fraction of sp³-hybridized carbons (Fsp3) is 0.400. The normalized spacial score (nSPS) is 20.5. The highest BCUT2D eigenvalue weighted by atomic mass is 16.5. The summed E-state index contributed by atoms with van der Waals surface area (Å²) >= 11 is 0. The number of ether oxygens (including phenoxy) is 1. The van der Waals surface area contributed by atoms with Crippen molar-refractivity contribution in [1.29, 1.82) is 0 Å². The molecule has 2 aromatic rings. The topological polar surface area (TPSA) is 12.5 Å². The Labute approximate surface area is 133 Å². The predicted molar refractivity (Wildman–Crippen MR) is 91.1 cm³/mol. The van der Waals surface area contributed by atoms with Crippen molar-refractivity contribution in [2.75, 3.05) is 13.7 Å². The molecule has 0 aromatic heterocycles. The molecule has 0 saturated carbocycles. The molecule has 1 aliphatic rings. The molecule has 116 valence electrons. The lowest BCUT2D eigenvalue weighted by Gasteiger charge is -2.40. The van der Waals surface area contributed by atoms with E-state index in [1.165, 1.54) is 30.4 Å². The van der Waals surface area contributed by atoms with Gasteiger partial charge in [0.25, 0.3) is 0 Å². The molecule has 1 saturated heterocycles. The van der Waals surface area contributed by atoms with Crippen LogP contribution in [0.15, 0.2) is 54.6 Å². The van der Waals surface area contributed by atoms with E-state index in [-0.39, 0.29) is 0 Å². The van der Waals surface area contributed by atoms with Gasteiger partial charge in [-0.15, -0.1) is 0 Å². The molecule has 2 nitrogen and oxygen atoms in total. The van der Waals surface area contributed by atoms with Gasteiger partial charge >= 0.3 is 0 Å². The molecular formula is C20H25NO. The Balaban J connectivity index is 1.87. The van der Waals surface area contributed by atoms with Crippen LogP contribution in [0.1, 0.15) is 49.4 Å². The Morgan fingerprint density at radius 2 is 1.86 bits per heavy atom. The van der Waals surface area contributed by atoms with E-state index in [2.05, 4.69) is 60.4 Å². The van der Waals surface area contributed by atoms with Gasteiger partial charge in [-0.2, -0.15) is 0 Å². The monoisotopic (exact) mass is 295 g/mol. The molecule has 0 unspecified atom stereocenters. The van der Waals surface area contributed by atoms with E-state index in [4.69, 9.17) is 4.74 Å². The second-order valence-corrected chi connectivity index (χ2v) is 6.11. The van der Waals surface area contributed by atoms with Crippen LogP contribution in [-0.4, -0.2) is 18.6 Å². The number of nitrogens with zero attached hydrogens (tertiary/aromatic N) is 1. The van der Waals surface area contributed by atoms with Gasteiger partial charge in [0.05, 0.1) is 7.11 Å². The standard InChI is InChI=1S/C20H25NO/c1-16(17-9-4-3-5-10-17)21-14-7-6-13-20(21)18-11-8-12-19(15-18)22-2/h3-5,8-12,15-16,20H,6-7,13-14H2,1-2H3/t16-,20+/m0/s1. The Hall–Kier alpha value is -1.80.